The van der Waals surface area contributed by atoms with E-state index >= 15 is 0 Å². The third kappa shape index (κ3) is 3.28. The average molecular weight is 256 g/mol. The topological polar surface area (TPSA) is 66.9 Å². The molecular formula is C14H16N4O. The smallest absolute Gasteiger partial charge is 0.270 e. The molecule has 1 amide bonds. The van der Waals surface area contributed by atoms with Gasteiger partial charge in [-0.3, -0.25) is 14.8 Å². The third-order valence-corrected chi connectivity index (χ3v) is 2.86. The van der Waals surface area contributed by atoms with Crippen molar-refractivity contribution >= 4 is 11.6 Å². The lowest BCUT2D eigenvalue weighted by atomic mass is 10.1. The number of anilines is 1. The number of carbonyl (C=O) groups is 1. The lowest BCUT2D eigenvalue weighted by Gasteiger charge is -2.08. The van der Waals surface area contributed by atoms with E-state index in [2.05, 4.69) is 20.6 Å². The van der Waals surface area contributed by atoms with Crippen molar-refractivity contribution in [3.63, 3.8) is 0 Å². The second kappa shape index (κ2) is 5.95. The van der Waals surface area contributed by atoms with Gasteiger partial charge in [-0.25, -0.2) is 0 Å². The quantitative estimate of drug-likeness (QED) is 0.874. The normalized spacial score (nSPS) is 10.0. The highest BCUT2D eigenvalue weighted by Gasteiger charge is 2.08. The molecule has 2 heterocycles. The molecule has 0 fully saturated rings. The molecule has 0 radical (unpaired) electrons. The van der Waals surface area contributed by atoms with Crippen molar-refractivity contribution in [3.05, 3.63) is 53.6 Å². The van der Waals surface area contributed by atoms with Crippen LogP contribution in [0.4, 0.5) is 5.69 Å². The number of pyridine rings is 2. The summed E-state index contributed by atoms with van der Waals surface area (Å²) in [6.07, 6.45) is 5.11. The third-order valence-electron chi connectivity index (χ3n) is 2.86. The summed E-state index contributed by atoms with van der Waals surface area (Å²) in [5, 5.41) is 5.83. The SMILES string of the molecule is CNc1ccnc(C(=O)NCc2ccncc2C)c1. The molecular weight excluding hydrogens is 240 g/mol. The van der Waals surface area contributed by atoms with Crippen LogP contribution >= 0.6 is 0 Å². The van der Waals surface area contributed by atoms with Crippen LogP contribution in [-0.4, -0.2) is 22.9 Å². The van der Waals surface area contributed by atoms with Crippen molar-refractivity contribution in [1.29, 1.82) is 0 Å². The van der Waals surface area contributed by atoms with Crippen LogP contribution < -0.4 is 10.6 Å². The zero-order valence-electron chi connectivity index (χ0n) is 11.0. The lowest BCUT2D eigenvalue weighted by molar-refractivity contribution is 0.0946. The molecule has 5 nitrogen and oxygen atoms in total. The first-order chi connectivity index (χ1) is 9.20. The van der Waals surface area contributed by atoms with Gasteiger partial charge in [-0.1, -0.05) is 0 Å². The maximum Gasteiger partial charge on any atom is 0.270 e. The number of hydrogen-bond donors (Lipinski definition) is 2. The predicted octanol–water partition coefficient (Wildman–Crippen LogP) is 1.76. The van der Waals surface area contributed by atoms with Gasteiger partial charge in [0.05, 0.1) is 0 Å². The van der Waals surface area contributed by atoms with Crippen molar-refractivity contribution in [1.82, 2.24) is 15.3 Å². The average Bonchev–Trinajstić information content (AvgIpc) is 2.46. The number of nitrogens with one attached hydrogen (secondary N) is 2. The highest BCUT2D eigenvalue weighted by molar-refractivity contribution is 5.93. The first kappa shape index (κ1) is 13.0. The first-order valence-corrected chi connectivity index (χ1v) is 6.02. The fraction of sp³-hybridized carbons (Fsp3) is 0.214. The summed E-state index contributed by atoms with van der Waals surface area (Å²) in [6, 6.07) is 5.42. The monoisotopic (exact) mass is 256 g/mol. The molecule has 2 rings (SSSR count). The fourth-order valence-corrected chi connectivity index (χ4v) is 1.68. The van der Waals surface area contributed by atoms with Crippen molar-refractivity contribution in [2.24, 2.45) is 0 Å². The first-order valence-electron chi connectivity index (χ1n) is 6.02. The maximum atomic E-state index is 12.0. The summed E-state index contributed by atoms with van der Waals surface area (Å²) in [5.41, 5.74) is 3.37. The van der Waals surface area contributed by atoms with Gasteiger partial charge in [-0.2, -0.15) is 0 Å². The number of aromatic nitrogens is 2. The molecule has 0 aliphatic rings. The molecule has 0 saturated heterocycles. The minimum Gasteiger partial charge on any atom is -0.388 e. The zero-order chi connectivity index (χ0) is 13.7. The van der Waals surface area contributed by atoms with E-state index in [9.17, 15) is 4.79 Å². The van der Waals surface area contributed by atoms with Gasteiger partial charge < -0.3 is 10.6 Å². The molecule has 0 spiro atoms. The number of rotatable bonds is 4. The Morgan fingerprint density at radius 3 is 2.89 bits per heavy atom. The number of hydrogen-bond acceptors (Lipinski definition) is 4. The molecule has 2 N–H and O–H groups in total. The number of nitrogens with zero attached hydrogens (tertiary/aromatic N) is 2. The minimum atomic E-state index is -0.187. The Balaban J connectivity index is 2.03. The number of carbonyl (C=O) groups excluding carboxylic acids is 1. The van der Waals surface area contributed by atoms with Crippen molar-refractivity contribution in [3.8, 4) is 0 Å². The van der Waals surface area contributed by atoms with Gasteiger partial charge >= 0.3 is 0 Å². The molecule has 0 aliphatic heterocycles. The predicted molar refractivity (Wildman–Crippen MR) is 73.9 cm³/mol. The van der Waals surface area contributed by atoms with Gasteiger partial charge in [0.25, 0.3) is 5.91 Å². The van der Waals surface area contributed by atoms with Gasteiger partial charge in [-0.15, -0.1) is 0 Å². The second-order valence-electron chi connectivity index (χ2n) is 4.16. The van der Waals surface area contributed by atoms with Crippen LogP contribution in [0, 0.1) is 6.92 Å². The zero-order valence-corrected chi connectivity index (χ0v) is 11.0. The molecule has 0 unspecified atom stereocenters. The van der Waals surface area contributed by atoms with Crippen LogP contribution in [0.1, 0.15) is 21.6 Å². The van der Waals surface area contributed by atoms with E-state index in [1.54, 1.807) is 31.7 Å². The minimum absolute atomic E-state index is 0.187. The number of aryl methyl sites for hydroxylation is 1. The van der Waals surface area contributed by atoms with E-state index in [-0.39, 0.29) is 5.91 Å². The Kier molecular flexibility index (Phi) is 4.07. The van der Waals surface area contributed by atoms with E-state index in [4.69, 9.17) is 0 Å². The van der Waals surface area contributed by atoms with Crippen LogP contribution in [0.15, 0.2) is 36.8 Å². The lowest BCUT2D eigenvalue weighted by Crippen LogP contribution is -2.24. The van der Waals surface area contributed by atoms with E-state index in [0.717, 1.165) is 16.8 Å². The highest BCUT2D eigenvalue weighted by atomic mass is 16.1. The Bertz CT molecular complexity index is 583. The van der Waals surface area contributed by atoms with Crippen molar-refractivity contribution in [2.75, 3.05) is 12.4 Å². The van der Waals surface area contributed by atoms with Gasteiger partial charge in [0.15, 0.2) is 0 Å². The van der Waals surface area contributed by atoms with Crippen LogP contribution in [0.25, 0.3) is 0 Å². The Hall–Kier alpha value is -2.43. The molecule has 0 atom stereocenters. The summed E-state index contributed by atoms with van der Waals surface area (Å²) in [5.74, 6) is -0.187. The fourth-order valence-electron chi connectivity index (χ4n) is 1.68. The molecule has 98 valence electrons. The van der Waals surface area contributed by atoms with E-state index in [1.165, 1.54) is 0 Å². The molecule has 0 saturated carbocycles. The molecule has 19 heavy (non-hydrogen) atoms. The Morgan fingerprint density at radius 2 is 2.16 bits per heavy atom. The number of amides is 1. The summed E-state index contributed by atoms with van der Waals surface area (Å²) in [6.45, 7) is 2.44. The summed E-state index contributed by atoms with van der Waals surface area (Å²) >= 11 is 0. The molecule has 2 aromatic rings. The summed E-state index contributed by atoms with van der Waals surface area (Å²) < 4.78 is 0. The second-order valence-corrected chi connectivity index (χ2v) is 4.16. The summed E-state index contributed by atoms with van der Waals surface area (Å²) in [4.78, 5) is 20.1. The maximum absolute atomic E-state index is 12.0. The molecule has 5 heteroatoms. The molecule has 2 aromatic heterocycles. The van der Waals surface area contributed by atoms with Gasteiger partial charge in [0.1, 0.15) is 5.69 Å². The van der Waals surface area contributed by atoms with Gasteiger partial charge in [0, 0.05) is 37.9 Å². The molecule has 0 aromatic carbocycles. The largest absolute Gasteiger partial charge is 0.388 e. The van der Waals surface area contributed by atoms with Gasteiger partial charge in [-0.05, 0) is 36.2 Å². The van der Waals surface area contributed by atoms with Crippen LogP contribution in [0.5, 0.6) is 0 Å². The van der Waals surface area contributed by atoms with Crippen LogP contribution in [0.2, 0.25) is 0 Å². The molecule has 0 bridgehead atoms. The van der Waals surface area contributed by atoms with E-state index in [1.807, 2.05) is 19.1 Å². The highest BCUT2D eigenvalue weighted by Crippen LogP contribution is 2.08. The van der Waals surface area contributed by atoms with E-state index < -0.39 is 0 Å². The van der Waals surface area contributed by atoms with E-state index in [0.29, 0.717) is 12.2 Å². The van der Waals surface area contributed by atoms with Crippen molar-refractivity contribution < 1.29 is 4.79 Å². The van der Waals surface area contributed by atoms with Crippen molar-refractivity contribution in [2.45, 2.75) is 13.5 Å². The summed E-state index contributed by atoms with van der Waals surface area (Å²) in [7, 11) is 1.80. The van der Waals surface area contributed by atoms with Gasteiger partial charge in [0.2, 0.25) is 0 Å². The standard InChI is InChI=1S/C14H16N4O/c1-10-8-16-5-3-11(10)9-18-14(19)13-7-12(15-2)4-6-17-13/h3-8H,9H2,1-2H3,(H,15,17)(H,18,19). The van der Waals surface area contributed by atoms with Crippen LogP contribution in [-0.2, 0) is 6.54 Å². The molecule has 0 aliphatic carbocycles. The Labute approximate surface area is 112 Å². The Morgan fingerprint density at radius 1 is 1.32 bits per heavy atom. The van der Waals surface area contributed by atoms with Crippen LogP contribution in [0.3, 0.4) is 0 Å².